The van der Waals surface area contributed by atoms with E-state index in [1.165, 1.54) is 18.3 Å². The molecule has 0 bridgehead atoms. The maximum Gasteiger partial charge on any atom is 0.165 e. The molecule has 0 fully saturated rings. The number of hydrogen-bond acceptors (Lipinski definition) is 5. The van der Waals surface area contributed by atoms with Gasteiger partial charge in [0.15, 0.2) is 17.3 Å². The number of nitrogens with zero attached hydrogens (tertiary/aromatic N) is 3. The first-order valence-corrected chi connectivity index (χ1v) is 8.74. The van der Waals surface area contributed by atoms with Crippen LogP contribution in [0.2, 0.25) is 0 Å². The molecule has 1 aromatic carbocycles. The van der Waals surface area contributed by atoms with E-state index in [9.17, 15) is 14.7 Å². The summed E-state index contributed by atoms with van der Waals surface area (Å²) in [6.07, 6.45) is 1.88. The highest BCUT2D eigenvalue weighted by atomic mass is 19.1. The minimum atomic E-state index is -0.722. The summed E-state index contributed by atoms with van der Waals surface area (Å²) in [5, 5.41) is 26.1. The van der Waals surface area contributed by atoms with Crippen LogP contribution in [0.25, 0.3) is 16.9 Å². The molecule has 6 nitrogen and oxygen atoms in total. The number of halogens is 1. The molecule has 0 amide bonds. The highest BCUT2D eigenvalue weighted by Gasteiger charge is 2.26. The van der Waals surface area contributed by atoms with Gasteiger partial charge in [-0.3, -0.25) is 0 Å². The van der Waals surface area contributed by atoms with E-state index in [2.05, 4.69) is 16.9 Å². The Morgan fingerprint density at radius 1 is 1.36 bits per heavy atom. The van der Waals surface area contributed by atoms with Crippen LogP contribution in [0, 0.1) is 26.6 Å². The van der Waals surface area contributed by atoms with Gasteiger partial charge in [-0.1, -0.05) is 22.5 Å². The van der Waals surface area contributed by atoms with Gasteiger partial charge in [0.05, 0.1) is 17.6 Å². The standard InChI is InChI=1S/C21H22FN3O3/c1-11(2)8-16-12(3)18(10-23-27)25(20-13(4)24-28-14(20)5)21(16)15-6-7-19(26)17(22)9-15/h6-7,9-10,26-27H,1,8H2,2-5H3/b23-10+. The molecular weight excluding hydrogens is 361 g/mol. The first-order chi connectivity index (χ1) is 13.3. The summed E-state index contributed by atoms with van der Waals surface area (Å²) in [4.78, 5) is 0. The van der Waals surface area contributed by atoms with Crippen LogP contribution < -0.4 is 0 Å². The van der Waals surface area contributed by atoms with Gasteiger partial charge in [-0.05, 0) is 63.4 Å². The van der Waals surface area contributed by atoms with Crippen molar-refractivity contribution in [2.45, 2.75) is 34.1 Å². The highest BCUT2D eigenvalue weighted by Crippen LogP contribution is 2.38. The minimum Gasteiger partial charge on any atom is -0.505 e. The monoisotopic (exact) mass is 383 g/mol. The van der Waals surface area contributed by atoms with Crippen molar-refractivity contribution in [1.29, 1.82) is 0 Å². The van der Waals surface area contributed by atoms with Gasteiger partial charge in [0.25, 0.3) is 0 Å². The van der Waals surface area contributed by atoms with Crippen LogP contribution in [0.1, 0.15) is 35.2 Å². The number of aryl methyl sites for hydroxylation is 2. The molecule has 2 aromatic heterocycles. The van der Waals surface area contributed by atoms with E-state index in [1.807, 2.05) is 18.4 Å². The molecular formula is C21H22FN3O3. The normalized spacial score (nSPS) is 11.5. The van der Waals surface area contributed by atoms with Crippen molar-refractivity contribution < 1.29 is 19.2 Å². The lowest BCUT2D eigenvalue weighted by Gasteiger charge is -2.14. The fourth-order valence-electron chi connectivity index (χ4n) is 3.47. The second-order valence-electron chi connectivity index (χ2n) is 6.89. The Hall–Kier alpha value is -3.35. The number of allylic oxidation sites excluding steroid dienone is 1. The van der Waals surface area contributed by atoms with Crippen molar-refractivity contribution in [2.75, 3.05) is 0 Å². The molecule has 0 radical (unpaired) electrons. The van der Waals surface area contributed by atoms with Gasteiger partial charge in [-0.15, -0.1) is 0 Å². The molecule has 0 saturated carbocycles. The van der Waals surface area contributed by atoms with E-state index in [4.69, 9.17) is 4.52 Å². The summed E-state index contributed by atoms with van der Waals surface area (Å²) in [6, 6.07) is 4.24. The van der Waals surface area contributed by atoms with Gasteiger partial charge in [0.2, 0.25) is 0 Å². The molecule has 0 saturated heterocycles. The number of hydrogen-bond donors (Lipinski definition) is 2. The van der Waals surface area contributed by atoms with Gasteiger partial charge in [-0.25, -0.2) is 4.39 Å². The first-order valence-electron chi connectivity index (χ1n) is 8.74. The maximum atomic E-state index is 14.2. The second-order valence-corrected chi connectivity index (χ2v) is 6.89. The molecule has 0 aliphatic heterocycles. The van der Waals surface area contributed by atoms with E-state index in [0.717, 1.165) is 16.7 Å². The summed E-state index contributed by atoms with van der Waals surface area (Å²) in [5.41, 5.74) is 5.91. The van der Waals surface area contributed by atoms with Gasteiger partial charge in [0.1, 0.15) is 11.4 Å². The fraction of sp³-hybridized carbons (Fsp3) is 0.238. The van der Waals surface area contributed by atoms with Crippen LogP contribution in [0.4, 0.5) is 4.39 Å². The third-order valence-electron chi connectivity index (χ3n) is 4.69. The predicted molar refractivity (Wildman–Crippen MR) is 105 cm³/mol. The predicted octanol–water partition coefficient (Wildman–Crippen LogP) is 4.83. The zero-order valence-electron chi connectivity index (χ0n) is 16.2. The Balaban J connectivity index is 2.48. The average Bonchev–Trinajstić information content (AvgIpc) is 3.08. The van der Waals surface area contributed by atoms with E-state index >= 15 is 0 Å². The van der Waals surface area contributed by atoms with Crippen LogP contribution >= 0.6 is 0 Å². The highest BCUT2D eigenvalue weighted by molar-refractivity contribution is 5.86. The molecule has 7 heteroatoms. The number of aromatic nitrogens is 2. The Bertz CT molecular complexity index is 1070. The summed E-state index contributed by atoms with van der Waals surface area (Å²) >= 11 is 0. The average molecular weight is 383 g/mol. The number of phenols is 1. The lowest BCUT2D eigenvalue weighted by molar-refractivity contribution is 0.321. The SMILES string of the molecule is C=C(C)Cc1c(C)c(/C=N/O)n(-c2c(C)noc2C)c1-c1ccc(O)c(F)c1. The molecule has 0 aliphatic carbocycles. The largest absolute Gasteiger partial charge is 0.505 e. The molecule has 3 aromatic rings. The van der Waals surface area contributed by atoms with Gasteiger partial charge in [0, 0.05) is 5.56 Å². The van der Waals surface area contributed by atoms with Crippen molar-refractivity contribution in [1.82, 2.24) is 9.72 Å². The topological polar surface area (TPSA) is 83.8 Å². The molecule has 0 aliphatic rings. The number of benzene rings is 1. The molecule has 0 spiro atoms. The number of oxime groups is 1. The van der Waals surface area contributed by atoms with Crippen molar-refractivity contribution in [3.8, 4) is 22.7 Å². The molecule has 0 unspecified atom stereocenters. The third kappa shape index (κ3) is 3.19. The van der Waals surface area contributed by atoms with Gasteiger partial charge in [-0.2, -0.15) is 0 Å². The van der Waals surface area contributed by atoms with Crippen LogP contribution in [-0.4, -0.2) is 26.3 Å². The maximum absolute atomic E-state index is 14.2. The van der Waals surface area contributed by atoms with E-state index in [1.54, 1.807) is 19.9 Å². The van der Waals surface area contributed by atoms with Crippen LogP contribution in [-0.2, 0) is 6.42 Å². The smallest absolute Gasteiger partial charge is 0.165 e. The fourth-order valence-corrected chi connectivity index (χ4v) is 3.47. The molecule has 2 heterocycles. The van der Waals surface area contributed by atoms with Crippen molar-refractivity contribution in [3.63, 3.8) is 0 Å². The van der Waals surface area contributed by atoms with Gasteiger partial charge < -0.3 is 19.4 Å². The van der Waals surface area contributed by atoms with Crippen molar-refractivity contribution in [3.05, 3.63) is 64.4 Å². The van der Waals surface area contributed by atoms with Crippen LogP contribution in [0.3, 0.4) is 0 Å². The van der Waals surface area contributed by atoms with Gasteiger partial charge >= 0.3 is 0 Å². The Labute approximate surface area is 162 Å². The van der Waals surface area contributed by atoms with Crippen molar-refractivity contribution in [2.24, 2.45) is 5.16 Å². The second kappa shape index (κ2) is 7.34. The summed E-state index contributed by atoms with van der Waals surface area (Å²) in [5.74, 6) is -0.572. The molecule has 146 valence electrons. The first kappa shape index (κ1) is 19.4. The summed E-state index contributed by atoms with van der Waals surface area (Å²) < 4.78 is 21.4. The lowest BCUT2D eigenvalue weighted by atomic mass is 9.99. The summed E-state index contributed by atoms with van der Waals surface area (Å²) in [6.45, 7) is 11.4. The van der Waals surface area contributed by atoms with E-state index in [-0.39, 0.29) is 0 Å². The Morgan fingerprint density at radius 3 is 2.61 bits per heavy atom. The van der Waals surface area contributed by atoms with Crippen LogP contribution in [0.5, 0.6) is 5.75 Å². The molecule has 28 heavy (non-hydrogen) atoms. The van der Waals surface area contributed by atoms with Crippen LogP contribution in [0.15, 0.2) is 40.0 Å². The Morgan fingerprint density at radius 2 is 2.07 bits per heavy atom. The molecule has 0 atom stereocenters. The lowest BCUT2D eigenvalue weighted by Crippen LogP contribution is -2.05. The zero-order valence-corrected chi connectivity index (χ0v) is 16.2. The van der Waals surface area contributed by atoms with E-state index < -0.39 is 11.6 Å². The minimum absolute atomic E-state index is 0.422. The quantitative estimate of drug-likeness (QED) is 0.286. The summed E-state index contributed by atoms with van der Waals surface area (Å²) in [7, 11) is 0. The number of rotatable bonds is 5. The van der Waals surface area contributed by atoms with Crippen molar-refractivity contribution >= 4 is 6.21 Å². The number of phenolic OH excluding ortho intramolecular Hbond substituents is 1. The molecule has 3 rings (SSSR count). The Kier molecular flexibility index (Phi) is 5.09. The third-order valence-corrected chi connectivity index (χ3v) is 4.69. The zero-order chi connectivity index (χ0) is 20.6. The number of aromatic hydroxyl groups is 1. The molecule has 2 N–H and O–H groups in total. The van der Waals surface area contributed by atoms with E-state index in [0.29, 0.717) is 40.5 Å².